The molecule has 1 saturated heterocycles. The molecule has 11 heteroatoms. The molecule has 0 aromatic heterocycles. The second-order valence-electron chi connectivity index (χ2n) is 7.82. The van der Waals surface area contributed by atoms with E-state index in [-0.39, 0.29) is 29.8 Å². The van der Waals surface area contributed by atoms with Gasteiger partial charge in [0.2, 0.25) is 0 Å². The van der Waals surface area contributed by atoms with Crippen LogP contribution in [0.4, 0.5) is 10.1 Å². The third-order valence-corrected chi connectivity index (χ3v) is 7.16. The van der Waals surface area contributed by atoms with Crippen molar-refractivity contribution in [2.75, 3.05) is 18.6 Å². The molecule has 190 valence electrons. The van der Waals surface area contributed by atoms with Gasteiger partial charge >= 0.3 is 5.97 Å². The molecule has 37 heavy (non-hydrogen) atoms. The Bertz CT molecular complexity index is 1390. The number of halogens is 4. The van der Waals surface area contributed by atoms with Crippen LogP contribution in [-0.4, -0.2) is 35.5 Å². The van der Waals surface area contributed by atoms with Crippen LogP contribution in [0.25, 0.3) is 6.08 Å². The van der Waals surface area contributed by atoms with Crippen LogP contribution in [0, 0.1) is 5.82 Å². The monoisotopic (exact) mass is 666 g/mol. The number of amides is 1. The highest BCUT2D eigenvalue weighted by Crippen LogP contribution is 2.37. The van der Waals surface area contributed by atoms with Crippen LogP contribution in [0.5, 0.6) is 5.75 Å². The van der Waals surface area contributed by atoms with Crippen LogP contribution in [0.1, 0.15) is 11.1 Å². The maximum atomic E-state index is 13.5. The fourth-order valence-electron chi connectivity index (χ4n) is 3.59. The fourth-order valence-corrected chi connectivity index (χ4v) is 5.51. The number of ether oxygens (including phenoxy) is 2. The number of methoxy groups -OCH3 is 1. The van der Waals surface area contributed by atoms with Gasteiger partial charge in [0, 0.05) is 5.02 Å². The number of carbonyl (C=O) groups is 2. The molecular weight excluding hydrogens is 651 g/mol. The lowest BCUT2D eigenvalue weighted by Crippen LogP contribution is -2.35. The van der Waals surface area contributed by atoms with E-state index >= 15 is 0 Å². The van der Waals surface area contributed by atoms with E-state index in [1.165, 1.54) is 29.0 Å². The minimum Gasteiger partial charge on any atom is -0.487 e. The average Bonchev–Trinajstić information content (AvgIpc) is 3.08. The van der Waals surface area contributed by atoms with Crippen molar-refractivity contribution in [2.45, 2.75) is 6.61 Å². The normalized spacial score (nSPS) is 14.5. The van der Waals surface area contributed by atoms with Crippen molar-refractivity contribution in [3.63, 3.8) is 0 Å². The number of anilines is 1. The van der Waals surface area contributed by atoms with Crippen LogP contribution in [0.2, 0.25) is 5.02 Å². The van der Waals surface area contributed by atoms with Crippen molar-refractivity contribution >= 4 is 84.4 Å². The highest BCUT2D eigenvalue weighted by molar-refractivity contribution is 9.11. The highest BCUT2D eigenvalue weighted by Gasteiger charge is 2.40. The van der Waals surface area contributed by atoms with E-state index in [4.69, 9.17) is 33.3 Å². The molecule has 0 spiro atoms. The maximum absolute atomic E-state index is 13.5. The molecule has 0 unspecified atom stereocenters. The molecule has 1 heterocycles. The lowest BCUT2D eigenvalue weighted by atomic mass is 10.1. The quantitative estimate of drug-likeness (QED) is 0.158. The Morgan fingerprint density at radius 3 is 2.41 bits per heavy atom. The molecule has 0 saturated carbocycles. The smallest absolute Gasteiger partial charge is 0.325 e. The summed E-state index contributed by atoms with van der Waals surface area (Å²) in [4.78, 5) is 28.3. The van der Waals surface area contributed by atoms with Gasteiger partial charge < -0.3 is 14.4 Å². The second kappa shape index (κ2) is 11.7. The van der Waals surface area contributed by atoms with Gasteiger partial charge in [-0.2, -0.15) is 0 Å². The average molecular weight is 669 g/mol. The third-order valence-electron chi connectivity index (χ3n) is 5.33. The van der Waals surface area contributed by atoms with E-state index in [1.807, 2.05) is 0 Å². The molecule has 1 aliphatic rings. The van der Waals surface area contributed by atoms with Crippen molar-refractivity contribution in [2.24, 2.45) is 0 Å². The predicted molar refractivity (Wildman–Crippen MR) is 151 cm³/mol. The molecular formula is C26H18Br2ClFN2O4S. The molecule has 0 bridgehead atoms. The van der Waals surface area contributed by atoms with Crippen molar-refractivity contribution in [1.29, 1.82) is 0 Å². The van der Waals surface area contributed by atoms with Crippen LogP contribution < -0.4 is 9.64 Å². The molecule has 0 radical (unpaired) electrons. The maximum Gasteiger partial charge on any atom is 0.325 e. The van der Waals surface area contributed by atoms with Crippen molar-refractivity contribution in [3.8, 4) is 5.75 Å². The zero-order chi connectivity index (χ0) is 26.7. The van der Waals surface area contributed by atoms with Gasteiger partial charge in [-0.3, -0.25) is 14.5 Å². The lowest BCUT2D eigenvalue weighted by molar-refractivity contribution is -0.140. The Morgan fingerprint density at radius 2 is 1.78 bits per heavy atom. The first-order valence-electron chi connectivity index (χ1n) is 10.7. The summed E-state index contributed by atoms with van der Waals surface area (Å²) in [6.45, 7) is -0.0841. The van der Waals surface area contributed by atoms with Gasteiger partial charge in [-0.05, 0) is 110 Å². The van der Waals surface area contributed by atoms with Gasteiger partial charge in [0.15, 0.2) is 5.11 Å². The van der Waals surface area contributed by atoms with Crippen molar-refractivity contribution < 1.29 is 23.5 Å². The van der Waals surface area contributed by atoms with E-state index in [0.29, 0.717) is 36.5 Å². The van der Waals surface area contributed by atoms with Gasteiger partial charge in [-0.1, -0.05) is 23.7 Å². The summed E-state index contributed by atoms with van der Waals surface area (Å²) in [5, 5.41) is 0.648. The molecule has 4 rings (SSSR count). The number of thiocarbonyl (C=S) groups is 1. The summed E-state index contributed by atoms with van der Waals surface area (Å²) in [5.41, 5.74) is 2.02. The molecule has 1 fully saturated rings. The zero-order valence-corrected chi connectivity index (χ0v) is 24.0. The Balaban J connectivity index is 1.66. The Morgan fingerprint density at radius 1 is 1.11 bits per heavy atom. The summed E-state index contributed by atoms with van der Waals surface area (Å²) < 4.78 is 25.4. The molecule has 0 atom stereocenters. The summed E-state index contributed by atoms with van der Waals surface area (Å²) in [7, 11) is 1.26. The molecule has 1 aliphatic heterocycles. The SMILES string of the molecule is COC(=O)CN1C(=S)N(c2ccc(Cl)cc2)C(=O)/C1=C/c1cc(Br)c(OCc2cccc(F)c2)c(Br)c1. The summed E-state index contributed by atoms with van der Waals surface area (Å²) in [5.74, 6) is -0.796. The van der Waals surface area contributed by atoms with Gasteiger partial charge in [0.25, 0.3) is 5.91 Å². The van der Waals surface area contributed by atoms with E-state index in [0.717, 1.165) is 0 Å². The first kappa shape index (κ1) is 27.3. The number of esters is 1. The largest absolute Gasteiger partial charge is 0.487 e. The van der Waals surface area contributed by atoms with Gasteiger partial charge in [0.05, 0.1) is 21.7 Å². The summed E-state index contributed by atoms with van der Waals surface area (Å²) in [6, 6.07) is 16.3. The fraction of sp³-hybridized carbons (Fsp3) is 0.115. The number of hydrogen-bond acceptors (Lipinski definition) is 5. The van der Waals surface area contributed by atoms with Crippen LogP contribution >= 0.6 is 55.7 Å². The summed E-state index contributed by atoms with van der Waals surface area (Å²) >= 11 is 18.6. The van der Waals surface area contributed by atoms with E-state index in [9.17, 15) is 14.0 Å². The number of carbonyl (C=O) groups excluding carboxylic acids is 2. The molecule has 3 aromatic carbocycles. The van der Waals surface area contributed by atoms with Crippen molar-refractivity contribution in [3.05, 3.63) is 97.3 Å². The molecule has 0 N–H and O–H groups in total. The van der Waals surface area contributed by atoms with E-state index in [2.05, 4.69) is 31.9 Å². The number of rotatable bonds is 7. The molecule has 3 aromatic rings. The third kappa shape index (κ3) is 6.20. The Hall–Kier alpha value is -2.79. The van der Waals surface area contributed by atoms with E-state index in [1.54, 1.807) is 54.6 Å². The summed E-state index contributed by atoms with van der Waals surface area (Å²) in [6.07, 6.45) is 1.62. The minimum atomic E-state index is -0.553. The standard InChI is InChI=1S/C26H18Br2ClFN2O4S/c1-35-23(33)13-31-22(25(34)32(26(31)37)19-7-5-17(29)6-8-19)12-16-10-20(27)24(21(28)11-16)36-14-15-3-2-4-18(30)9-15/h2-12H,13-14H2,1H3/b22-12-. The Kier molecular flexibility index (Phi) is 8.63. The van der Waals surface area contributed by atoms with Crippen molar-refractivity contribution in [1.82, 2.24) is 4.90 Å². The van der Waals surface area contributed by atoms with Gasteiger partial charge in [0.1, 0.15) is 30.4 Å². The van der Waals surface area contributed by atoms with Gasteiger partial charge in [-0.15, -0.1) is 0 Å². The van der Waals surface area contributed by atoms with Crippen LogP contribution in [-0.2, 0) is 20.9 Å². The van der Waals surface area contributed by atoms with Crippen LogP contribution in [0.15, 0.2) is 75.3 Å². The number of hydrogen-bond donors (Lipinski definition) is 0. The molecule has 0 aliphatic carbocycles. The predicted octanol–water partition coefficient (Wildman–Crippen LogP) is 6.73. The van der Waals surface area contributed by atoms with Gasteiger partial charge in [-0.25, -0.2) is 4.39 Å². The van der Waals surface area contributed by atoms with Crippen LogP contribution in [0.3, 0.4) is 0 Å². The number of benzene rings is 3. The first-order valence-corrected chi connectivity index (χ1v) is 13.1. The molecule has 1 amide bonds. The molecule has 6 nitrogen and oxygen atoms in total. The Labute approximate surface area is 239 Å². The minimum absolute atomic E-state index is 0.136. The second-order valence-corrected chi connectivity index (χ2v) is 10.3. The topological polar surface area (TPSA) is 59.1 Å². The highest BCUT2D eigenvalue weighted by atomic mass is 79.9. The zero-order valence-electron chi connectivity index (χ0n) is 19.2. The first-order chi connectivity index (χ1) is 17.7. The number of nitrogens with zero attached hydrogens (tertiary/aromatic N) is 2. The van der Waals surface area contributed by atoms with E-state index < -0.39 is 11.9 Å². The lowest BCUT2D eigenvalue weighted by Gasteiger charge is -2.19.